The number of pyridine rings is 1. The molecule has 0 unspecified atom stereocenters. The van der Waals surface area contributed by atoms with E-state index in [-0.39, 0.29) is 42.2 Å². The van der Waals surface area contributed by atoms with Crippen molar-refractivity contribution in [2.45, 2.75) is 63.8 Å². The van der Waals surface area contributed by atoms with Gasteiger partial charge in [0.1, 0.15) is 5.82 Å². The smallest absolute Gasteiger partial charge is 0.305 e. The van der Waals surface area contributed by atoms with Crippen LogP contribution in [0, 0.1) is 11.3 Å². The lowest BCUT2D eigenvalue weighted by atomic mass is 9.50. The molecule has 2 amide bonds. The topological polar surface area (TPSA) is 120 Å². The highest BCUT2D eigenvalue weighted by molar-refractivity contribution is 5.80. The van der Waals surface area contributed by atoms with Gasteiger partial charge in [-0.2, -0.15) is 0 Å². The molecule has 0 atom stereocenters. The van der Waals surface area contributed by atoms with E-state index in [1.54, 1.807) is 0 Å². The van der Waals surface area contributed by atoms with E-state index in [1.165, 1.54) is 5.56 Å². The maximum Gasteiger partial charge on any atom is 0.305 e. The summed E-state index contributed by atoms with van der Waals surface area (Å²) in [5.41, 5.74) is 2.39. The van der Waals surface area contributed by atoms with Gasteiger partial charge < -0.3 is 21.1 Å². The van der Waals surface area contributed by atoms with Crippen molar-refractivity contribution in [1.82, 2.24) is 15.6 Å². The minimum atomic E-state index is -0.906. The maximum atomic E-state index is 12.3. The summed E-state index contributed by atoms with van der Waals surface area (Å²) >= 11 is 0. The molecule has 2 heterocycles. The van der Waals surface area contributed by atoms with Gasteiger partial charge in [0, 0.05) is 37.2 Å². The second kappa shape index (κ2) is 8.62. The molecule has 3 aliphatic rings. The molecule has 2 aliphatic carbocycles. The number of carboxylic acid groups (broad SMARTS) is 1. The molecular formula is C22H30N4O4. The number of nitrogens with zero attached hydrogens (tertiary/aromatic N) is 1. The van der Waals surface area contributed by atoms with Gasteiger partial charge in [0.05, 0.1) is 6.42 Å². The fourth-order valence-electron chi connectivity index (χ4n) is 5.08. The Morgan fingerprint density at radius 2 is 1.97 bits per heavy atom. The van der Waals surface area contributed by atoms with Gasteiger partial charge in [-0.15, -0.1) is 0 Å². The molecule has 0 aromatic carbocycles. The predicted octanol–water partition coefficient (Wildman–Crippen LogP) is 1.64. The third kappa shape index (κ3) is 4.74. The SMILES string of the molecule is O=C(O)CCNC(=O)C1CC2(CC(NC(=O)CCc3ccc4c(n3)NCCC4)C2)C1. The number of carbonyl (C=O) groups is 3. The molecule has 4 N–H and O–H groups in total. The number of nitrogens with one attached hydrogen (secondary N) is 3. The molecule has 162 valence electrons. The lowest BCUT2D eigenvalue weighted by Gasteiger charge is -2.57. The molecule has 8 heteroatoms. The maximum absolute atomic E-state index is 12.3. The lowest BCUT2D eigenvalue weighted by molar-refractivity contribution is -0.141. The number of carboxylic acids is 1. The van der Waals surface area contributed by atoms with Gasteiger partial charge >= 0.3 is 5.97 Å². The molecule has 1 spiro atoms. The highest BCUT2D eigenvalue weighted by Crippen LogP contribution is 2.58. The Labute approximate surface area is 176 Å². The number of anilines is 1. The number of amides is 2. The zero-order chi connectivity index (χ0) is 21.1. The average Bonchev–Trinajstić information content (AvgIpc) is 2.66. The van der Waals surface area contributed by atoms with Gasteiger partial charge in [0.2, 0.25) is 11.8 Å². The first-order valence-corrected chi connectivity index (χ1v) is 10.9. The van der Waals surface area contributed by atoms with Crippen LogP contribution in [0.1, 0.15) is 56.2 Å². The molecule has 1 aromatic rings. The molecular weight excluding hydrogens is 384 g/mol. The highest BCUT2D eigenvalue weighted by Gasteiger charge is 2.54. The summed E-state index contributed by atoms with van der Waals surface area (Å²) in [4.78, 5) is 39.5. The Morgan fingerprint density at radius 3 is 2.73 bits per heavy atom. The number of fused-ring (bicyclic) bond motifs is 1. The Morgan fingerprint density at radius 1 is 1.17 bits per heavy atom. The lowest BCUT2D eigenvalue weighted by Crippen LogP contribution is -2.58. The van der Waals surface area contributed by atoms with E-state index < -0.39 is 5.97 Å². The second-order valence-corrected chi connectivity index (χ2v) is 9.05. The van der Waals surface area contributed by atoms with Gasteiger partial charge in [0.15, 0.2) is 0 Å². The van der Waals surface area contributed by atoms with Crippen molar-refractivity contribution in [3.05, 3.63) is 23.4 Å². The molecule has 2 saturated carbocycles. The molecule has 1 aliphatic heterocycles. The monoisotopic (exact) mass is 414 g/mol. The number of aromatic nitrogens is 1. The third-order valence-corrected chi connectivity index (χ3v) is 6.65. The predicted molar refractivity (Wildman–Crippen MR) is 111 cm³/mol. The average molecular weight is 415 g/mol. The van der Waals surface area contributed by atoms with Crippen LogP contribution < -0.4 is 16.0 Å². The first-order valence-electron chi connectivity index (χ1n) is 10.9. The van der Waals surface area contributed by atoms with E-state index >= 15 is 0 Å². The molecule has 2 fully saturated rings. The zero-order valence-electron chi connectivity index (χ0n) is 17.2. The molecule has 0 saturated heterocycles. The molecule has 30 heavy (non-hydrogen) atoms. The Kier molecular flexibility index (Phi) is 5.92. The van der Waals surface area contributed by atoms with E-state index in [4.69, 9.17) is 5.11 Å². The van der Waals surface area contributed by atoms with Crippen molar-refractivity contribution < 1.29 is 19.5 Å². The fourth-order valence-corrected chi connectivity index (χ4v) is 5.08. The van der Waals surface area contributed by atoms with Crippen LogP contribution in [-0.4, -0.2) is 47.0 Å². The van der Waals surface area contributed by atoms with Gasteiger partial charge in [-0.3, -0.25) is 14.4 Å². The number of hydrogen-bond acceptors (Lipinski definition) is 5. The quantitative estimate of drug-likeness (QED) is 0.513. The van der Waals surface area contributed by atoms with Crippen molar-refractivity contribution in [2.75, 3.05) is 18.4 Å². The summed E-state index contributed by atoms with van der Waals surface area (Å²) in [6.07, 6.45) is 6.75. The van der Waals surface area contributed by atoms with Crippen LogP contribution in [0.5, 0.6) is 0 Å². The summed E-state index contributed by atoms with van der Waals surface area (Å²) in [6, 6.07) is 4.34. The summed E-state index contributed by atoms with van der Waals surface area (Å²) < 4.78 is 0. The normalized spacial score (nSPS) is 26.5. The number of rotatable bonds is 8. The zero-order valence-corrected chi connectivity index (χ0v) is 17.2. The molecule has 0 bridgehead atoms. The molecule has 1 aromatic heterocycles. The standard InChI is InChI=1S/C22H30N4O4/c27-18(6-5-16-4-3-14-2-1-8-23-20(14)26-16)25-17-12-22(13-17)10-15(11-22)21(30)24-9-7-19(28)29/h3-4,15,17H,1-2,5-13H2,(H,23,26)(H,24,30)(H,25,27)(H,28,29). The van der Waals surface area contributed by atoms with Crippen LogP contribution in [0.25, 0.3) is 0 Å². The van der Waals surface area contributed by atoms with E-state index in [2.05, 4.69) is 27.0 Å². The van der Waals surface area contributed by atoms with Crippen molar-refractivity contribution >= 4 is 23.6 Å². The largest absolute Gasteiger partial charge is 0.481 e. The van der Waals surface area contributed by atoms with Crippen molar-refractivity contribution in [2.24, 2.45) is 11.3 Å². The minimum absolute atomic E-state index is 0.0147. The van der Waals surface area contributed by atoms with Crippen LogP contribution >= 0.6 is 0 Å². The van der Waals surface area contributed by atoms with Crippen molar-refractivity contribution in [3.8, 4) is 0 Å². The van der Waals surface area contributed by atoms with Crippen LogP contribution in [0.2, 0.25) is 0 Å². The van der Waals surface area contributed by atoms with E-state index in [0.717, 1.165) is 56.6 Å². The highest BCUT2D eigenvalue weighted by atomic mass is 16.4. The number of carbonyl (C=O) groups excluding carboxylic acids is 2. The Balaban J connectivity index is 1.13. The fraction of sp³-hybridized carbons (Fsp3) is 0.636. The summed E-state index contributed by atoms with van der Waals surface area (Å²) in [5, 5.41) is 17.8. The molecule has 4 rings (SSSR count). The van der Waals surface area contributed by atoms with E-state index in [1.807, 2.05) is 6.07 Å². The van der Waals surface area contributed by atoms with Gasteiger partial charge in [-0.25, -0.2) is 4.98 Å². The third-order valence-electron chi connectivity index (χ3n) is 6.65. The summed E-state index contributed by atoms with van der Waals surface area (Å²) in [6.45, 7) is 1.14. The Hall–Kier alpha value is -2.64. The Bertz CT molecular complexity index is 826. The molecule has 0 radical (unpaired) electrons. The summed E-state index contributed by atoms with van der Waals surface area (Å²) in [7, 11) is 0. The van der Waals surface area contributed by atoms with Gasteiger partial charge in [-0.05, 0) is 62.0 Å². The van der Waals surface area contributed by atoms with E-state index in [9.17, 15) is 14.4 Å². The van der Waals surface area contributed by atoms with E-state index in [0.29, 0.717) is 12.8 Å². The number of aryl methyl sites for hydroxylation is 2. The molecule has 8 nitrogen and oxygen atoms in total. The van der Waals surface area contributed by atoms with Crippen LogP contribution in [0.15, 0.2) is 12.1 Å². The van der Waals surface area contributed by atoms with Crippen molar-refractivity contribution in [3.63, 3.8) is 0 Å². The minimum Gasteiger partial charge on any atom is -0.481 e. The second-order valence-electron chi connectivity index (χ2n) is 9.05. The van der Waals surface area contributed by atoms with Gasteiger partial charge in [-0.1, -0.05) is 6.07 Å². The van der Waals surface area contributed by atoms with Crippen LogP contribution in [0.3, 0.4) is 0 Å². The first kappa shape index (κ1) is 20.6. The first-order chi connectivity index (χ1) is 14.4. The van der Waals surface area contributed by atoms with Gasteiger partial charge in [0.25, 0.3) is 0 Å². The van der Waals surface area contributed by atoms with Crippen LogP contribution in [0.4, 0.5) is 5.82 Å². The number of aliphatic carboxylic acids is 1. The number of hydrogen-bond donors (Lipinski definition) is 4. The van der Waals surface area contributed by atoms with Crippen LogP contribution in [-0.2, 0) is 27.2 Å². The summed E-state index contributed by atoms with van der Waals surface area (Å²) in [5.74, 6) is 0.0637. The van der Waals surface area contributed by atoms with Crippen molar-refractivity contribution in [1.29, 1.82) is 0 Å².